The molecule has 26 heavy (non-hydrogen) atoms. The number of primary sulfonamides is 1. The lowest BCUT2D eigenvalue weighted by atomic mass is 10.2. The molecular formula is C16H16N4O3S3. The van der Waals surface area contributed by atoms with Crippen LogP contribution >= 0.6 is 23.1 Å². The summed E-state index contributed by atoms with van der Waals surface area (Å²) in [5, 5.41) is 9.54. The topological polar surface area (TPSA) is 115 Å². The molecule has 2 aromatic heterocycles. The van der Waals surface area contributed by atoms with Crippen LogP contribution in [0.5, 0.6) is 0 Å². The predicted octanol–water partition coefficient (Wildman–Crippen LogP) is 2.69. The van der Waals surface area contributed by atoms with Crippen LogP contribution in [-0.4, -0.2) is 30.0 Å². The number of nitrogens with two attached hydrogens (primary N) is 1. The fraction of sp³-hybridized carbons (Fsp3) is 0.188. The van der Waals surface area contributed by atoms with E-state index in [-0.39, 0.29) is 16.6 Å². The third kappa shape index (κ3) is 4.04. The van der Waals surface area contributed by atoms with Crippen molar-refractivity contribution in [3.63, 3.8) is 0 Å². The first-order valence-corrected chi connectivity index (χ1v) is 10.9. The number of carbonyl (C=O) groups excluding carboxylic acids is 1. The maximum atomic E-state index is 12.2. The Morgan fingerprint density at radius 1 is 1.23 bits per heavy atom. The lowest BCUT2D eigenvalue weighted by Crippen LogP contribution is -2.15. The van der Waals surface area contributed by atoms with Gasteiger partial charge in [0, 0.05) is 16.0 Å². The van der Waals surface area contributed by atoms with Crippen molar-refractivity contribution in [1.82, 2.24) is 9.97 Å². The standard InChI is InChI=1S/C16H16N4O3S3/c1-9-10(2)25-16-14(9)15(18-8-19-16)24-7-13(21)20-11-3-5-12(6-4-11)26(17,22)23/h3-6,8H,7H2,1-2H3,(H,20,21)(H2,17,22,23). The fourth-order valence-electron chi connectivity index (χ4n) is 2.32. The number of anilines is 1. The number of rotatable bonds is 5. The average molecular weight is 409 g/mol. The average Bonchev–Trinajstić information content (AvgIpc) is 2.88. The second kappa shape index (κ2) is 7.31. The number of sulfonamides is 1. The van der Waals surface area contributed by atoms with Crippen LogP contribution in [0, 0.1) is 13.8 Å². The molecule has 136 valence electrons. The van der Waals surface area contributed by atoms with Crippen LogP contribution in [-0.2, 0) is 14.8 Å². The number of nitrogens with zero attached hydrogens (tertiary/aromatic N) is 2. The van der Waals surface area contributed by atoms with Crippen molar-refractivity contribution in [1.29, 1.82) is 0 Å². The lowest BCUT2D eigenvalue weighted by Gasteiger charge is -2.06. The van der Waals surface area contributed by atoms with Crippen molar-refractivity contribution in [3.8, 4) is 0 Å². The van der Waals surface area contributed by atoms with Crippen LogP contribution in [0.15, 0.2) is 40.5 Å². The van der Waals surface area contributed by atoms with Crippen LogP contribution in [0.4, 0.5) is 5.69 Å². The van der Waals surface area contributed by atoms with Crippen molar-refractivity contribution < 1.29 is 13.2 Å². The highest BCUT2D eigenvalue weighted by atomic mass is 32.2. The zero-order valence-corrected chi connectivity index (χ0v) is 16.5. The molecule has 2 heterocycles. The number of nitrogens with one attached hydrogen (secondary N) is 1. The van der Waals surface area contributed by atoms with Gasteiger partial charge >= 0.3 is 0 Å². The molecule has 3 rings (SSSR count). The molecule has 3 aromatic rings. The smallest absolute Gasteiger partial charge is 0.238 e. The molecule has 0 aliphatic heterocycles. The predicted molar refractivity (Wildman–Crippen MR) is 104 cm³/mol. The number of aromatic nitrogens is 2. The number of hydrogen-bond donors (Lipinski definition) is 2. The van der Waals surface area contributed by atoms with E-state index in [2.05, 4.69) is 15.3 Å². The minimum atomic E-state index is -3.75. The molecule has 7 nitrogen and oxygen atoms in total. The van der Waals surface area contributed by atoms with Gasteiger partial charge in [-0.3, -0.25) is 4.79 Å². The van der Waals surface area contributed by atoms with Gasteiger partial charge in [-0.25, -0.2) is 23.5 Å². The Kier molecular flexibility index (Phi) is 5.28. The van der Waals surface area contributed by atoms with Gasteiger partial charge in [-0.2, -0.15) is 0 Å². The van der Waals surface area contributed by atoms with Crippen molar-refractivity contribution in [3.05, 3.63) is 41.0 Å². The van der Waals surface area contributed by atoms with Crippen LogP contribution in [0.3, 0.4) is 0 Å². The van der Waals surface area contributed by atoms with E-state index in [1.165, 1.54) is 47.2 Å². The first-order chi connectivity index (χ1) is 12.3. The molecule has 0 aliphatic rings. The highest BCUT2D eigenvalue weighted by Crippen LogP contribution is 2.34. The molecule has 0 bridgehead atoms. The van der Waals surface area contributed by atoms with Crippen molar-refractivity contribution in [2.24, 2.45) is 5.14 Å². The third-order valence-electron chi connectivity index (χ3n) is 3.74. The number of aryl methyl sites for hydroxylation is 2. The summed E-state index contributed by atoms with van der Waals surface area (Å²) in [6.07, 6.45) is 1.50. The fourth-order valence-corrected chi connectivity index (χ4v) is 4.75. The molecular weight excluding hydrogens is 392 g/mol. The number of hydrogen-bond acceptors (Lipinski definition) is 7. The monoisotopic (exact) mass is 408 g/mol. The Bertz CT molecular complexity index is 1080. The molecule has 0 saturated heterocycles. The molecule has 0 atom stereocenters. The minimum Gasteiger partial charge on any atom is -0.325 e. The number of thioether (sulfide) groups is 1. The Labute approximate surface area is 159 Å². The van der Waals surface area contributed by atoms with Gasteiger partial charge in [-0.05, 0) is 43.7 Å². The van der Waals surface area contributed by atoms with Gasteiger partial charge in [0.15, 0.2) is 0 Å². The first kappa shape index (κ1) is 18.8. The van der Waals surface area contributed by atoms with E-state index in [1.54, 1.807) is 11.3 Å². The summed E-state index contributed by atoms with van der Waals surface area (Å²) in [7, 11) is -3.75. The van der Waals surface area contributed by atoms with Gasteiger partial charge in [0.05, 0.1) is 10.6 Å². The number of thiophene rings is 1. The van der Waals surface area contributed by atoms with E-state index < -0.39 is 10.0 Å². The van der Waals surface area contributed by atoms with Gasteiger partial charge in [0.25, 0.3) is 0 Å². The number of fused-ring (bicyclic) bond motifs is 1. The third-order valence-corrected chi connectivity index (χ3v) is 6.77. The van der Waals surface area contributed by atoms with Gasteiger partial charge < -0.3 is 5.32 Å². The summed E-state index contributed by atoms with van der Waals surface area (Å²) in [5.41, 5.74) is 1.63. The van der Waals surface area contributed by atoms with E-state index >= 15 is 0 Å². The van der Waals surface area contributed by atoms with Crippen molar-refractivity contribution >= 4 is 54.9 Å². The summed E-state index contributed by atoms with van der Waals surface area (Å²) in [6.45, 7) is 4.06. The molecule has 0 aliphatic carbocycles. The van der Waals surface area contributed by atoms with Crippen LogP contribution in [0.2, 0.25) is 0 Å². The van der Waals surface area contributed by atoms with E-state index in [1.807, 2.05) is 13.8 Å². The van der Waals surface area contributed by atoms with E-state index in [4.69, 9.17) is 5.14 Å². The zero-order valence-electron chi connectivity index (χ0n) is 14.0. The maximum Gasteiger partial charge on any atom is 0.238 e. The molecule has 0 unspecified atom stereocenters. The van der Waals surface area contributed by atoms with Crippen LogP contribution in [0.1, 0.15) is 10.4 Å². The lowest BCUT2D eigenvalue weighted by molar-refractivity contribution is -0.113. The number of amides is 1. The van der Waals surface area contributed by atoms with Crippen LogP contribution < -0.4 is 10.5 Å². The summed E-state index contributed by atoms with van der Waals surface area (Å²) >= 11 is 2.95. The summed E-state index contributed by atoms with van der Waals surface area (Å²) < 4.78 is 22.5. The van der Waals surface area contributed by atoms with Gasteiger partial charge in [-0.1, -0.05) is 11.8 Å². The Morgan fingerprint density at radius 3 is 2.58 bits per heavy atom. The largest absolute Gasteiger partial charge is 0.325 e. The molecule has 0 saturated carbocycles. The first-order valence-electron chi connectivity index (χ1n) is 7.52. The molecule has 0 fully saturated rings. The Balaban J connectivity index is 1.68. The van der Waals surface area contributed by atoms with E-state index in [0.29, 0.717) is 5.69 Å². The van der Waals surface area contributed by atoms with Gasteiger partial charge in [0.1, 0.15) is 16.2 Å². The molecule has 3 N–H and O–H groups in total. The second-order valence-electron chi connectivity index (χ2n) is 5.55. The summed E-state index contributed by atoms with van der Waals surface area (Å²) in [4.78, 5) is 22.8. The summed E-state index contributed by atoms with van der Waals surface area (Å²) in [6, 6.07) is 5.70. The van der Waals surface area contributed by atoms with Gasteiger partial charge in [-0.15, -0.1) is 11.3 Å². The molecule has 0 radical (unpaired) electrons. The highest BCUT2D eigenvalue weighted by Gasteiger charge is 2.14. The highest BCUT2D eigenvalue weighted by molar-refractivity contribution is 8.00. The molecule has 10 heteroatoms. The number of carbonyl (C=O) groups is 1. The minimum absolute atomic E-state index is 0.00319. The molecule has 1 aromatic carbocycles. The Morgan fingerprint density at radius 2 is 1.92 bits per heavy atom. The molecule has 1 amide bonds. The van der Waals surface area contributed by atoms with Crippen molar-refractivity contribution in [2.45, 2.75) is 23.8 Å². The van der Waals surface area contributed by atoms with E-state index in [0.717, 1.165) is 20.8 Å². The summed E-state index contributed by atoms with van der Waals surface area (Å²) in [5.74, 6) is -0.0353. The van der Waals surface area contributed by atoms with Crippen molar-refractivity contribution in [2.75, 3.05) is 11.1 Å². The molecule has 0 spiro atoms. The quantitative estimate of drug-likeness (QED) is 0.495. The maximum absolute atomic E-state index is 12.2. The van der Waals surface area contributed by atoms with E-state index in [9.17, 15) is 13.2 Å². The van der Waals surface area contributed by atoms with Crippen LogP contribution in [0.25, 0.3) is 10.2 Å². The SMILES string of the molecule is Cc1sc2ncnc(SCC(=O)Nc3ccc(S(N)(=O)=O)cc3)c2c1C. The zero-order chi connectivity index (χ0) is 18.9. The Hall–Kier alpha value is -2.01. The number of benzene rings is 1. The van der Waals surface area contributed by atoms with Gasteiger partial charge in [0.2, 0.25) is 15.9 Å². The normalized spacial score (nSPS) is 11.7. The second-order valence-corrected chi connectivity index (χ2v) is 9.28.